The van der Waals surface area contributed by atoms with Gasteiger partial charge in [-0.25, -0.2) is 26.4 Å². The Morgan fingerprint density at radius 2 is 1.16 bits per heavy atom. The van der Waals surface area contributed by atoms with E-state index in [1.807, 2.05) is 61.5 Å². The molecule has 3 N–H and O–H groups in total. The van der Waals surface area contributed by atoms with Crippen LogP contribution in [0.2, 0.25) is 10.0 Å². The summed E-state index contributed by atoms with van der Waals surface area (Å²) in [4.78, 5) is 22.4. The van der Waals surface area contributed by atoms with Crippen LogP contribution in [0.4, 0.5) is 11.4 Å². The minimum absolute atomic E-state index is 0.0215. The highest BCUT2D eigenvalue weighted by molar-refractivity contribution is 7.93. The van der Waals surface area contributed by atoms with Gasteiger partial charge in [-0.05, 0) is 134 Å². The van der Waals surface area contributed by atoms with Crippen LogP contribution in [0.25, 0.3) is 0 Å². The van der Waals surface area contributed by atoms with Gasteiger partial charge in [0, 0.05) is 23.8 Å². The molecule has 6 rings (SSSR count). The van der Waals surface area contributed by atoms with Crippen molar-refractivity contribution < 1.29 is 36.6 Å². The summed E-state index contributed by atoms with van der Waals surface area (Å²) in [7, 11) is -7.17. The molecule has 0 radical (unpaired) electrons. The van der Waals surface area contributed by atoms with Crippen LogP contribution in [-0.4, -0.2) is 57.8 Å². The maximum absolute atomic E-state index is 13.7. The third-order valence-electron chi connectivity index (χ3n) is 10.5. The lowest BCUT2D eigenvalue weighted by molar-refractivity contribution is 0.0686. The molecule has 0 aromatic heterocycles. The maximum Gasteiger partial charge on any atom is 0.335 e. The maximum atomic E-state index is 13.7. The normalized spacial score (nSPS) is 11.3. The predicted molar refractivity (Wildman–Crippen MR) is 257 cm³/mol. The average molecular weight is 944 g/mol. The zero-order chi connectivity index (χ0) is 46.1. The van der Waals surface area contributed by atoms with Gasteiger partial charge in [0.2, 0.25) is 0 Å². The second kappa shape index (κ2) is 23.9. The number of halogens is 2. The van der Waals surface area contributed by atoms with Crippen LogP contribution in [0.3, 0.4) is 0 Å². The number of anilines is 2. The molecule has 0 aliphatic carbocycles. The smallest absolute Gasteiger partial charge is 0.335 e. The van der Waals surface area contributed by atoms with Gasteiger partial charge in [0.1, 0.15) is 4.90 Å². The second-order valence-electron chi connectivity index (χ2n) is 15.1. The standard InChI is InChI=1S/C25H25Cl2NO4S.C25H27NO4S/c1-2-3-16-28(33(31,32)24-17-21(26)14-15-22(24)27)23-7-5-4-6-19(23)11-8-18-9-12-20(13-10-18)25(29)30;27-25(28)22-16-13-20(14-17-22)12-15-21-8-4-5-11-24(21)26-18-6-7-19-31(29,30)23-9-2-1-3-10-23/h4-7,9-10,12-15,17H,2-3,8,11,16H2,1H3,(H,29,30);1-5,8-11,13-14,16-17,26H,6-7,12,15,18-19H2,(H,27,28). The fourth-order valence-corrected chi connectivity index (χ4v) is 10.6. The van der Waals surface area contributed by atoms with E-state index in [-0.39, 0.29) is 21.2 Å². The minimum Gasteiger partial charge on any atom is -0.478 e. The molecule has 0 atom stereocenters. The number of carbonyl (C=O) groups is 2. The van der Waals surface area contributed by atoms with Crippen molar-refractivity contribution in [3.8, 4) is 0 Å². The summed E-state index contributed by atoms with van der Waals surface area (Å²) < 4.78 is 53.4. The number of carboxylic acids is 2. The highest BCUT2D eigenvalue weighted by Gasteiger charge is 2.28. The largest absolute Gasteiger partial charge is 0.478 e. The molecule has 64 heavy (non-hydrogen) atoms. The number of aryl methyl sites for hydroxylation is 4. The Bertz CT molecular complexity index is 2700. The van der Waals surface area contributed by atoms with Crippen molar-refractivity contribution in [3.63, 3.8) is 0 Å². The molecule has 10 nitrogen and oxygen atoms in total. The zero-order valence-corrected chi connectivity index (χ0v) is 38.6. The Morgan fingerprint density at radius 1 is 0.609 bits per heavy atom. The highest BCUT2D eigenvalue weighted by Crippen LogP contribution is 2.33. The summed E-state index contributed by atoms with van der Waals surface area (Å²) in [6.07, 6.45) is 5.74. The molecule has 0 bridgehead atoms. The van der Waals surface area contributed by atoms with Crippen molar-refractivity contribution in [1.82, 2.24) is 0 Å². The third kappa shape index (κ3) is 14.2. The van der Waals surface area contributed by atoms with E-state index >= 15 is 0 Å². The van der Waals surface area contributed by atoms with Gasteiger partial charge < -0.3 is 15.5 Å². The molecule has 0 unspecified atom stereocenters. The SMILES string of the molecule is CCCCN(c1ccccc1CCc1ccc(C(=O)O)cc1)S(=O)(=O)c1cc(Cl)ccc1Cl.O=C(O)c1ccc(CCc2ccccc2NCCCCS(=O)(=O)c2ccccc2)cc1. The van der Waals surface area contributed by atoms with Gasteiger partial charge in [-0.2, -0.15) is 0 Å². The molecule has 14 heteroatoms. The number of para-hydroxylation sites is 2. The molecule has 0 spiro atoms. The number of unbranched alkanes of at least 4 members (excludes halogenated alkanes) is 2. The number of sulfonamides is 1. The number of rotatable bonds is 21. The molecule has 0 heterocycles. The molecule has 0 aliphatic heterocycles. The van der Waals surface area contributed by atoms with Crippen LogP contribution in [-0.2, 0) is 45.5 Å². The fourth-order valence-electron chi connectivity index (χ4n) is 6.91. The lowest BCUT2D eigenvalue weighted by Gasteiger charge is -2.27. The molecular weight excluding hydrogens is 892 g/mol. The van der Waals surface area contributed by atoms with Crippen LogP contribution in [0.5, 0.6) is 0 Å². The molecule has 0 saturated heterocycles. The number of aromatic carboxylic acids is 2. The Balaban J connectivity index is 0.000000241. The fraction of sp³-hybridized carbons (Fsp3) is 0.240. The van der Waals surface area contributed by atoms with Crippen LogP contribution in [0.1, 0.15) is 75.6 Å². The van der Waals surface area contributed by atoms with E-state index in [1.54, 1.807) is 72.8 Å². The first-order valence-corrected chi connectivity index (χ1v) is 24.8. The topological polar surface area (TPSA) is 158 Å². The summed E-state index contributed by atoms with van der Waals surface area (Å²) >= 11 is 12.3. The van der Waals surface area contributed by atoms with Gasteiger partial charge in [-0.1, -0.05) is 115 Å². The average Bonchev–Trinajstić information content (AvgIpc) is 3.29. The number of hydrogen-bond donors (Lipinski definition) is 3. The summed E-state index contributed by atoms with van der Waals surface area (Å²) in [5, 5.41) is 21.9. The van der Waals surface area contributed by atoms with Crippen molar-refractivity contribution in [2.45, 2.75) is 68.1 Å². The summed E-state index contributed by atoms with van der Waals surface area (Å²) in [5.41, 5.74) is 6.29. The zero-order valence-electron chi connectivity index (χ0n) is 35.5. The molecular formula is C50H52Cl2N2O8S2. The highest BCUT2D eigenvalue weighted by atomic mass is 35.5. The number of benzene rings is 6. The third-order valence-corrected chi connectivity index (χ3v) is 14.8. The van der Waals surface area contributed by atoms with Crippen LogP contribution in [0, 0.1) is 0 Å². The number of nitrogens with one attached hydrogen (secondary N) is 1. The first-order chi connectivity index (χ1) is 30.7. The number of sulfone groups is 1. The lowest BCUT2D eigenvalue weighted by atomic mass is 10.0. The van der Waals surface area contributed by atoms with Crippen LogP contribution in [0.15, 0.2) is 155 Å². The van der Waals surface area contributed by atoms with E-state index in [1.165, 1.54) is 22.0 Å². The second-order valence-corrected chi connectivity index (χ2v) is 19.8. The van der Waals surface area contributed by atoms with Crippen molar-refractivity contribution in [1.29, 1.82) is 0 Å². The van der Waals surface area contributed by atoms with E-state index in [0.717, 1.165) is 48.1 Å². The summed E-state index contributed by atoms with van der Waals surface area (Å²) in [6, 6.07) is 42.2. The molecule has 0 aliphatic rings. The Hall–Kier alpha value is -5.66. The number of carboxylic acid groups (broad SMARTS) is 2. The molecule has 0 amide bonds. The molecule has 0 saturated carbocycles. The lowest BCUT2D eigenvalue weighted by Crippen LogP contribution is -2.33. The van der Waals surface area contributed by atoms with E-state index in [9.17, 15) is 26.4 Å². The van der Waals surface area contributed by atoms with Gasteiger partial charge in [0.15, 0.2) is 9.84 Å². The Kier molecular flexibility index (Phi) is 18.4. The van der Waals surface area contributed by atoms with Crippen LogP contribution < -0.4 is 9.62 Å². The molecule has 336 valence electrons. The van der Waals surface area contributed by atoms with Gasteiger partial charge in [-0.3, -0.25) is 4.31 Å². The number of nitrogens with zero attached hydrogens (tertiary/aromatic N) is 1. The van der Waals surface area contributed by atoms with E-state index < -0.39 is 31.8 Å². The van der Waals surface area contributed by atoms with Crippen LogP contribution >= 0.6 is 23.2 Å². The first kappa shape index (κ1) is 49.4. The van der Waals surface area contributed by atoms with E-state index in [2.05, 4.69) is 11.4 Å². The van der Waals surface area contributed by atoms with Gasteiger partial charge >= 0.3 is 11.9 Å². The quantitative estimate of drug-likeness (QED) is 0.0597. The van der Waals surface area contributed by atoms with Crippen molar-refractivity contribution >= 4 is 66.4 Å². The monoisotopic (exact) mass is 942 g/mol. The van der Waals surface area contributed by atoms with E-state index in [0.29, 0.717) is 59.9 Å². The molecule has 0 fully saturated rings. The summed E-state index contributed by atoms with van der Waals surface area (Å²) in [6.45, 7) is 3.02. The summed E-state index contributed by atoms with van der Waals surface area (Å²) in [5.74, 6) is -1.74. The Labute approximate surface area is 386 Å². The minimum atomic E-state index is -3.95. The van der Waals surface area contributed by atoms with Crippen molar-refractivity contribution in [2.75, 3.05) is 28.5 Å². The molecule has 6 aromatic carbocycles. The molecule has 6 aromatic rings. The Morgan fingerprint density at radius 3 is 1.75 bits per heavy atom. The van der Waals surface area contributed by atoms with Gasteiger partial charge in [0.25, 0.3) is 10.0 Å². The van der Waals surface area contributed by atoms with Crippen molar-refractivity contribution in [2.24, 2.45) is 0 Å². The van der Waals surface area contributed by atoms with E-state index in [4.69, 9.17) is 33.4 Å². The van der Waals surface area contributed by atoms with Gasteiger partial charge in [0.05, 0.1) is 32.5 Å². The first-order valence-electron chi connectivity index (χ1n) is 21.0. The van der Waals surface area contributed by atoms with Gasteiger partial charge in [-0.15, -0.1) is 0 Å². The predicted octanol–water partition coefficient (Wildman–Crippen LogP) is 11.3. The van der Waals surface area contributed by atoms with Crippen molar-refractivity contribution in [3.05, 3.63) is 189 Å². The number of hydrogen-bond acceptors (Lipinski definition) is 7.